The Morgan fingerprint density at radius 3 is 2.65 bits per heavy atom. The van der Waals surface area contributed by atoms with Crippen LogP contribution in [-0.2, 0) is 16.1 Å². The normalized spacial score (nSPS) is 20.6. The van der Waals surface area contributed by atoms with E-state index >= 15 is 0 Å². The van der Waals surface area contributed by atoms with Gasteiger partial charge in [-0.2, -0.15) is 0 Å². The van der Waals surface area contributed by atoms with E-state index in [9.17, 15) is 9.59 Å². The summed E-state index contributed by atoms with van der Waals surface area (Å²) >= 11 is 0. The molecule has 142 valence electrons. The van der Waals surface area contributed by atoms with Gasteiger partial charge in [-0.05, 0) is 64.5 Å². The summed E-state index contributed by atoms with van der Waals surface area (Å²) in [5, 5.41) is 0. The Hall–Kier alpha value is -2.11. The number of pyridine rings is 1. The number of aromatic nitrogens is 1. The van der Waals surface area contributed by atoms with Crippen molar-refractivity contribution in [2.75, 3.05) is 6.54 Å². The fraction of sp³-hybridized carbons (Fsp3) is 0.650. The quantitative estimate of drug-likeness (QED) is 0.827. The van der Waals surface area contributed by atoms with Crippen LogP contribution in [0.5, 0.6) is 0 Å². The van der Waals surface area contributed by atoms with Crippen molar-refractivity contribution >= 4 is 12.0 Å². The van der Waals surface area contributed by atoms with Crippen molar-refractivity contribution in [3.05, 3.63) is 30.1 Å². The maximum atomic E-state index is 13.3. The summed E-state index contributed by atoms with van der Waals surface area (Å²) in [7, 11) is 0. The standard InChI is InChI=1S/C20H29N3O3/c1-20(2,3)26-19(25)22-12-5-4-8-17(22)18(24)23(16-9-10-16)14-15-7-6-11-21-13-15/h6-7,11,13,16-17H,4-5,8-10,12,14H2,1-3H3/t17-/m1/s1. The van der Waals surface area contributed by atoms with Crippen LogP contribution in [-0.4, -0.2) is 51.0 Å². The monoisotopic (exact) mass is 359 g/mol. The summed E-state index contributed by atoms with van der Waals surface area (Å²) in [5.74, 6) is 0.0434. The van der Waals surface area contributed by atoms with Gasteiger partial charge in [0, 0.05) is 31.5 Å². The first kappa shape index (κ1) is 18.7. The highest BCUT2D eigenvalue weighted by Gasteiger charge is 2.41. The van der Waals surface area contributed by atoms with E-state index in [1.165, 1.54) is 0 Å². The van der Waals surface area contributed by atoms with E-state index in [1.807, 2.05) is 37.8 Å². The Morgan fingerprint density at radius 2 is 2.04 bits per heavy atom. The Labute approximate surface area is 155 Å². The van der Waals surface area contributed by atoms with E-state index in [4.69, 9.17) is 4.74 Å². The van der Waals surface area contributed by atoms with Crippen LogP contribution in [0.1, 0.15) is 58.4 Å². The summed E-state index contributed by atoms with van der Waals surface area (Å²) in [6.45, 7) is 6.69. The van der Waals surface area contributed by atoms with Gasteiger partial charge in [0.25, 0.3) is 0 Å². The van der Waals surface area contributed by atoms with Crippen LogP contribution in [0.4, 0.5) is 4.79 Å². The van der Waals surface area contributed by atoms with Crippen LogP contribution in [0.15, 0.2) is 24.5 Å². The molecule has 1 saturated heterocycles. The zero-order chi connectivity index (χ0) is 18.7. The average Bonchev–Trinajstić information content (AvgIpc) is 3.43. The number of hydrogen-bond donors (Lipinski definition) is 0. The lowest BCUT2D eigenvalue weighted by Gasteiger charge is -2.38. The maximum absolute atomic E-state index is 13.3. The second kappa shape index (κ2) is 7.64. The molecule has 0 N–H and O–H groups in total. The first-order chi connectivity index (χ1) is 12.3. The van der Waals surface area contributed by atoms with Gasteiger partial charge in [0.2, 0.25) is 5.91 Å². The number of nitrogens with zero attached hydrogens (tertiary/aromatic N) is 3. The van der Waals surface area contributed by atoms with Gasteiger partial charge in [0.15, 0.2) is 0 Å². The molecule has 1 aliphatic heterocycles. The van der Waals surface area contributed by atoms with Crippen molar-refractivity contribution in [2.24, 2.45) is 0 Å². The molecule has 0 aromatic carbocycles. The number of ether oxygens (including phenoxy) is 1. The molecule has 26 heavy (non-hydrogen) atoms. The molecule has 1 atom stereocenters. The molecule has 2 fully saturated rings. The third kappa shape index (κ3) is 4.74. The van der Waals surface area contributed by atoms with Crippen LogP contribution in [0.25, 0.3) is 0 Å². The zero-order valence-corrected chi connectivity index (χ0v) is 16.0. The predicted molar refractivity (Wildman–Crippen MR) is 98.4 cm³/mol. The maximum Gasteiger partial charge on any atom is 0.410 e. The number of carbonyl (C=O) groups is 2. The van der Waals surface area contributed by atoms with Gasteiger partial charge in [-0.15, -0.1) is 0 Å². The van der Waals surface area contributed by atoms with Gasteiger partial charge in [0.05, 0.1) is 0 Å². The van der Waals surface area contributed by atoms with E-state index in [2.05, 4.69) is 4.98 Å². The lowest BCUT2D eigenvalue weighted by molar-refractivity contribution is -0.139. The van der Waals surface area contributed by atoms with Crippen molar-refractivity contribution in [2.45, 2.75) is 77.1 Å². The molecule has 0 bridgehead atoms. The van der Waals surface area contributed by atoms with Gasteiger partial charge in [-0.1, -0.05) is 6.07 Å². The second-order valence-electron chi connectivity index (χ2n) is 8.24. The van der Waals surface area contributed by atoms with Crippen molar-refractivity contribution in [3.63, 3.8) is 0 Å². The molecule has 3 rings (SSSR count). The van der Waals surface area contributed by atoms with Gasteiger partial charge in [0.1, 0.15) is 11.6 Å². The summed E-state index contributed by atoms with van der Waals surface area (Å²) in [6, 6.07) is 3.74. The number of hydrogen-bond acceptors (Lipinski definition) is 4. The molecule has 2 aliphatic rings. The van der Waals surface area contributed by atoms with E-state index in [-0.39, 0.29) is 18.0 Å². The molecule has 2 heterocycles. The number of rotatable bonds is 4. The summed E-state index contributed by atoms with van der Waals surface area (Å²) < 4.78 is 5.54. The van der Waals surface area contributed by atoms with Crippen LogP contribution in [0, 0.1) is 0 Å². The first-order valence-corrected chi connectivity index (χ1v) is 9.54. The third-order valence-corrected chi connectivity index (χ3v) is 4.76. The summed E-state index contributed by atoms with van der Waals surface area (Å²) in [4.78, 5) is 33.7. The number of likely N-dealkylation sites (tertiary alicyclic amines) is 1. The topological polar surface area (TPSA) is 62.7 Å². The molecular weight excluding hydrogens is 330 g/mol. The molecule has 1 aromatic rings. The second-order valence-corrected chi connectivity index (χ2v) is 8.24. The Kier molecular flexibility index (Phi) is 5.49. The van der Waals surface area contributed by atoms with Crippen molar-refractivity contribution in [3.8, 4) is 0 Å². The molecule has 0 spiro atoms. The van der Waals surface area contributed by atoms with Crippen LogP contribution < -0.4 is 0 Å². The lowest BCUT2D eigenvalue weighted by Crippen LogP contribution is -2.54. The number of amides is 2. The van der Waals surface area contributed by atoms with Crippen LogP contribution in [0.3, 0.4) is 0 Å². The highest BCUT2D eigenvalue weighted by molar-refractivity contribution is 5.86. The SMILES string of the molecule is CC(C)(C)OC(=O)N1CCCC[C@@H]1C(=O)N(Cc1cccnc1)C1CC1. The summed E-state index contributed by atoms with van der Waals surface area (Å²) in [6.07, 6.45) is 7.79. The molecule has 0 unspecified atom stereocenters. The zero-order valence-electron chi connectivity index (χ0n) is 16.0. The minimum atomic E-state index is -0.561. The Balaban J connectivity index is 1.74. The fourth-order valence-electron chi connectivity index (χ4n) is 3.38. The minimum absolute atomic E-state index is 0.0434. The van der Waals surface area contributed by atoms with Crippen LogP contribution in [0.2, 0.25) is 0 Å². The number of piperidine rings is 1. The Bertz CT molecular complexity index is 637. The van der Waals surface area contributed by atoms with Crippen molar-refractivity contribution < 1.29 is 14.3 Å². The van der Waals surface area contributed by atoms with Gasteiger partial charge in [-0.3, -0.25) is 14.7 Å². The van der Waals surface area contributed by atoms with E-state index in [0.717, 1.165) is 31.2 Å². The molecule has 1 saturated carbocycles. The largest absolute Gasteiger partial charge is 0.444 e. The smallest absolute Gasteiger partial charge is 0.410 e. The number of carbonyl (C=O) groups excluding carboxylic acids is 2. The fourth-order valence-corrected chi connectivity index (χ4v) is 3.38. The minimum Gasteiger partial charge on any atom is -0.444 e. The third-order valence-electron chi connectivity index (χ3n) is 4.76. The highest BCUT2D eigenvalue weighted by atomic mass is 16.6. The molecule has 1 aliphatic carbocycles. The van der Waals surface area contributed by atoms with Gasteiger partial charge in [-0.25, -0.2) is 4.79 Å². The van der Waals surface area contributed by atoms with Crippen LogP contribution >= 0.6 is 0 Å². The highest BCUT2D eigenvalue weighted by Crippen LogP contribution is 2.31. The van der Waals surface area contributed by atoms with Crippen molar-refractivity contribution in [1.82, 2.24) is 14.8 Å². The van der Waals surface area contributed by atoms with E-state index in [1.54, 1.807) is 17.3 Å². The summed E-state index contributed by atoms with van der Waals surface area (Å²) in [5.41, 5.74) is 0.459. The molecule has 0 radical (unpaired) electrons. The first-order valence-electron chi connectivity index (χ1n) is 9.54. The molecule has 6 heteroatoms. The van der Waals surface area contributed by atoms with Gasteiger partial charge < -0.3 is 9.64 Å². The average molecular weight is 359 g/mol. The van der Waals surface area contributed by atoms with Gasteiger partial charge >= 0.3 is 6.09 Å². The molecule has 1 aromatic heterocycles. The Morgan fingerprint density at radius 1 is 1.27 bits per heavy atom. The molecule has 2 amide bonds. The predicted octanol–water partition coefficient (Wildman–Crippen LogP) is 3.36. The molecular formula is C20H29N3O3. The van der Waals surface area contributed by atoms with E-state index < -0.39 is 11.6 Å². The molecule has 6 nitrogen and oxygen atoms in total. The van der Waals surface area contributed by atoms with E-state index in [0.29, 0.717) is 19.5 Å². The lowest BCUT2D eigenvalue weighted by atomic mass is 10.0. The van der Waals surface area contributed by atoms with Crippen molar-refractivity contribution in [1.29, 1.82) is 0 Å².